The molecule has 0 bridgehead atoms. The zero-order valence-corrected chi connectivity index (χ0v) is 13.2. The molecule has 1 aliphatic heterocycles. The Morgan fingerprint density at radius 3 is 3.00 bits per heavy atom. The molecular formula is C17H26N2O2. The molecule has 0 saturated carbocycles. The molecule has 21 heavy (non-hydrogen) atoms. The summed E-state index contributed by atoms with van der Waals surface area (Å²) in [5, 5.41) is 6.52. The van der Waals surface area contributed by atoms with Crippen molar-refractivity contribution in [3.05, 3.63) is 29.8 Å². The van der Waals surface area contributed by atoms with E-state index in [1.807, 2.05) is 38.1 Å². The molecule has 116 valence electrons. The van der Waals surface area contributed by atoms with Crippen LogP contribution in [0.25, 0.3) is 0 Å². The summed E-state index contributed by atoms with van der Waals surface area (Å²) in [6.45, 7) is 7.14. The van der Waals surface area contributed by atoms with E-state index in [-0.39, 0.29) is 11.9 Å². The van der Waals surface area contributed by atoms with Crippen LogP contribution < -0.4 is 15.4 Å². The molecule has 3 atom stereocenters. The van der Waals surface area contributed by atoms with E-state index in [4.69, 9.17) is 4.74 Å². The number of hydrogen-bond acceptors (Lipinski definition) is 3. The van der Waals surface area contributed by atoms with E-state index >= 15 is 0 Å². The minimum atomic E-state index is -0.430. The third-order valence-electron chi connectivity index (χ3n) is 4.02. The maximum Gasteiger partial charge on any atom is 0.261 e. The Morgan fingerprint density at radius 2 is 2.33 bits per heavy atom. The molecule has 4 heteroatoms. The van der Waals surface area contributed by atoms with Crippen LogP contribution in [0.2, 0.25) is 0 Å². The minimum absolute atomic E-state index is 0.0143. The summed E-state index contributed by atoms with van der Waals surface area (Å²) in [4.78, 5) is 12.4. The highest BCUT2D eigenvalue weighted by molar-refractivity contribution is 5.81. The van der Waals surface area contributed by atoms with Crippen molar-refractivity contribution in [1.82, 2.24) is 10.6 Å². The Morgan fingerprint density at radius 1 is 1.52 bits per heavy atom. The fraction of sp³-hybridized carbons (Fsp3) is 0.588. The molecule has 4 nitrogen and oxygen atoms in total. The zero-order valence-electron chi connectivity index (χ0n) is 13.2. The van der Waals surface area contributed by atoms with Crippen LogP contribution in [-0.4, -0.2) is 30.6 Å². The van der Waals surface area contributed by atoms with E-state index in [0.29, 0.717) is 12.5 Å². The second-order valence-electron chi connectivity index (χ2n) is 5.83. The molecule has 0 radical (unpaired) electrons. The standard InChI is InChI=1S/C17H26N2O2/c1-4-16(21-14-8-5-7-12(2)11-14)17(20)19-15-9-6-10-18-13(15)3/h5,7-8,11,13,15-16,18H,4,6,9-10H2,1-3H3,(H,19,20). The number of nitrogens with one attached hydrogen (secondary N) is 2. The topological polar surface area (TPSA) is 50.4 Å². The van der Waals surface area contributed by atoms with Gasteiger partial charge in [-0.15, -0.1) is 0 Å². The van der Waals surface area contributed by atoms with Crippen molar-refractivity contribution in [3.8, 4) is 5.75 Å². The van der Waals surface area contributed by atoms with Crippen LogP contribution in [0.5, 0.6) is 5.75 Å². The average molecular weight is 290 g/mol. The van der Waals surface area contributed by atoms with Gasteiger partial charge in [-0.1, -0.05) is 19.1 Å². The molecule has 1 aromatic rings. The normalized spacial score (nSPS) is 23.4. The second kappa shape index (κ2) is 7.46. The van der Waals surface area contributed by atoms with Crippen molar-refractivity contribution in [1.29, 1.82) is 0 Å². The van der Waals surface area contributed by atoms with Gasteiger partial charge in [0.2, 0.25) is 0 Å². The highest BCUT2D eigenvalue weighted by Crippen LogP contribution is 2.16. The predicted molar refractivity (Wildman–Crippen MR) is 84.5 cm³/mol. The van der Waals surface area contributed by atoms with Crippen LogP contribution >= 0.6 is 0 Å². The molecule has 1 fully saturated rings. The number of carbonyl (C=O) groups excluding carboxylic acids is 1. The SMILES string of the molecule is CCC(Oc1cccc(C)c1)C(=O)NC1CCCNC1C. The molecule has 1 saturated heterocycles. The van der Waals surface area contributed by atoms with Gasteiger partial charge in [0.05, 0.1) is 0 Å². The van der Waals surface area contributed by atoms with Crippen molar-refractivity contribution < 1.29 is 9.53 Å². The number of amides is 1. The third-order valence-corrected chi connectivity index (χ3v) is 4.02. The van der Waals surface area contributed by atoms with Gasteiger partial charge in [0.25, 0.3) is 5.91 Å². The Balaban J connectivity index is 1.95. The highest BCUT2D eigenvalue weighted by atomic mass is 16.5. The fourth-order valence-electron chi connectivity index (χ4n) is 2.69. The number of piperidine rings is 1. The Hall–Kier alpha value is -1.55. The lowest BCUT2D eigenvalue weighted by Crippen LogP contribution is -2.54. The monoisotopic (exact) mass is 290 g/mol. The van der Waals surface area contributed by atoms with E-state index in [2.05, 4.69) is 17.6 Å². The minimum Gasteiger partial charge on any atom is -0.481 e. The van der Waals surface area contributed by atoms with Crippen LogP contribution in [0.3, 0.4) is 0 Å². The van der Waals surface area contributed by atoms with Gasteiger partial charge in [0.1, 0.15) is 5.75 Å². The van der Waals surface area contributed by atoms with E-state index in [9.17, 15) is 4.79 Å². The van der Waals surface area contributed by atoms with Crippen LogP contribution in [-0.2, 0) is 4.79 Å². The molecule has 0 aliphatic carbocycles. The summed E-state index contributed by atoms with van der Waals surface area (Å²) in [5.74, 6) is 0.742. The molecule has 1 heterocycles. The molecule has 0 aromatic heterocycles. The molecule has 1 aliphatic rings. The van der Waals surface area contributed by atoms with Crippen molar-refractivity contribution in [3.63, 3.8) is 0 Å². The number of ether oxygens (including phenoxy) is 1. The van der Waals surface area contributed by atoms with Crippen molar-refractivity contribution in [2.75, 3.05) is 6.54 Å². The molecule has 0 spiro atoms. The second-order valence-corrected chi connectivity index (χ2v) is 5.83. The van der Waals surface area contributed by atoms with Crippen LogP contribution in [0, 0.1) is 6.92 Å². The smallest absolute Gasteiger partial charge is 0.261 e. The first-order valence-corrected chi connectivity index (χ1v) is 7.87. The van der Waals surface area contributed by atoms with Gasteiger partial charge in [0, 0.05) is 12.1 Å². The summed E-state index contributed by atoms with van der Waals surface area (Å²) in [6, 6.07) is 8.33. The number of hydrogen-bond donors (Lipinski definition) is 2. The molecule has 3 unspecified atom stereocenters. The van der Waals surface area contributed by atoms with Crippen molar-refractivity contribution in [2.24, 2.45) is 0 Å². The summed E-state index contributed by atoms with van der Waals surface area (Å²) in [7, 11) is 0. The van der Waals surface area contributed by atoms with Crippen LogP contribution in [0.15, 0.2) is 24.3 Å². The van der Waals surface area contributed by atoms with Crippen molar-refractivity contribution >= 4 is 5.91 Å². The van der Waals surface area contributed by atoms with Gasteiger partial charge in [-0.3, -0.25) is 4.79 Å². The maximum absolute atomic E-state index is 12.4. The number of rotatable bonds is 5. The van der Waals surface area contributed by atoms with Gasteiger partial charge in [-0.05, 0) is 57.4 Å². The third kappa shape index (κ3) is 4.46. The molecular weight excluding hydrogens is 264 g/mol. The molecule has 1 amide bonds. The molecule has 2 rings (SSSR count). The number of benzene rings is 1. The maximum atomic E-state index is 12.4. The van der Waals surface area contributed by atoms with Gasteiger partial charge >= 0.3 is 0 Å². The number of aryl methyl sites for hydroxylation is 1. The van der Waals surface area contributed by atoms with Gasteiger partial charge in [0.15, 0.2) is 6.10 Å². The van der Waals surface area contributed by atoms with E-state index in [0.717, 1.165) is 30.7 Å². The van der Waals surface area contributed by atoms with Crippen LogP contribution in [0.4, 0.5) is 0 Å². The number of carbonyl (C=O) groups is 1. The van der Waals surface area contributed by atoms with E-state index in [1.54, 1.807) is 0 Å². The lowest BCUT2D eigenvalue weighted by molar-refractivity contribution is -0.129. The largest absolute Gasteiger partial charge is 0.481 e. The first-order chi connectivity index (χ1) is 10.1. The molecule has 1 aromatic carbocycles. The van der Waals surface area contributed by atoms with Gasteiger partial charge in [-0.25, -0.2) is 0 Å². The zero-order chi connectivity index (χ0) is 15.2. The average Bonchev–Trinajstić information content (AvgIpc) is 2.47. The lowest BCUT2D eigenvalue weighted by atomic mass is 9.99. The van der Waals surface area contributed by atoms with Crippen LogP contribution in [0.1, 0.15) is 38.7 Å². The fourth-order valence-corrected chi connectivity index (χ4v) is 2.69. The van der Waals surface area contributed by atoms with Gasteiger partial charge in [-0.2, -0.15) is 0 Å². The summed E-state index contributed by atoms with van der Waals surface area (Å²) >= 11 is 0. The Bertz CT molecular complexity index is 476. The highest BCUT2D eigenvalue weighted by Gasteiger charge is 2.26. The first kappa shape index (κ1) is 15.8. The van der Waals surface area contributed by atoms with Gasteiger partial charge < -0.3 is 15.4 Å². The summed E-state index contributed by atoms with van der Waals surface area (Å²) in [6.07, 6.45) is 2.36. The lowest BCUT2D eigenvalue weighted by Gasteiger charge is -2.31. The first-order valence-electron chi connectivity index (χ1n) is 7.87. The Kier molecular flexibility index (Phi) is 5.62. The predicted octanol–water partition coefficient (Wildman–Crippen LogP) is 2.41. The van der Waals surface area contributed by atoms with E-state index in [1.165, 1.54) is 0 Å². The van der Waals surface area contributed by atoms with Crippen molar-refractivity contribution in [2.45, 2.75) is 58.2 Å². The summed E-state index contributed by atoms with van der Waals surface area (Å²) in [5.41, 5.74) is 1.13. The molecule has 2 N–H and O–H groups in total. The Labute approximate surface area is 127 Å². The van der Waals surface area contributed by atoms with E-state index < -0.39 is 6.10 Å². The quantitative estimate of drug-likeness (QED) is 0.875. The summed E-state index contributed by atoms with van der Waals surface area (Å²) < 4.78 is 5.85.